The van der Waals surface area contributed by atoms with Crippen LogP contribution in [0.25, 0.3) is 0 Å². The molecule has 0 aliphatic carbocycles. The number of nitrogens with zero attached hydrogens (tertiary/aromatic N) is 1. The van der Waals surface area contributed by atoms with Gasteiger partial charge in [0.25, 0.3) is 0 Å². The van der Waals surface area contributed by atoms with Crippen molar-refractivity contribution in [2.75, 3.05) is 31.2 Å². The van der Waals surface area contributed by atoms with Crippen molar-refractivity contribution in [2.45, 2.75) is 18.9 Å². The number of cyclic esters (lactones) is 1. The van der Waals surface area contributed by atoms with Crippen LogP contribution in [0.15, 0.2) is 0 Å². The first-order valence-corrected chi connectivity index (χ1v) is 7.59. The summed E-state index contributed by atoms with van der Waals surface area (Å²) in [6.07, 6.45) is 0.571. The van der Waals surface area contributed by atoms with Crippen LogP contribution in [0.1, 0.15) is 12.8 Å². The molecule has 0 spiro atoms. The van der Waals surface area contributed by atoms with Crippen molar-refractivity contribution >= 4 is 15.9 Å². The first-order chi connectivity index (χ1) is 8.00. The lowest BCUT2D eigenvalue weighted by Crippen LogP contribution is -2.36. The Hall–Kier alpha value is -0.820. The molecule has 1 N–H and O–H groups in total. The fourth-order valence-electron chi connectivity index (χ4n) is 2.39. The van der Waals surface area contributed by atoms with E-state index in [1.165, 1.54) is 4.90 Å². The number of sulfone groups is 1. The topological polar surface area (TPSA) is 83.9 Å². The Morgan fingerprint density at radius 2 is 2.24 bits per heavy atom. The number of ether oxygens (including phenoxy) is 1. The van der Waals surface area contributed by atoms with Gasteiger partial charge in [0.1, 0.15) is 6.10 Å². The molecule has 2 aliphatic heterocycles. The number of hydrogen-bond donors (Lipinski definition) is 1. The van der Waals surface area contributed by atoms with Gasteiger partial charge in [-0.25, -0.2) is 13.2 Å². The van der Waals surface area contributed by atoms with Gasteiger partial charge in [-0.05, 0) is 18.8 Å². The molecule has 1 amide bonds. The van der Waals surface area contributed by atoms with E-state index in [4.69, 9.17) is 9.84 Å². The third kappa shape index (κ3) is 3.10. The van der Waals surface area contributed by atoms with Crippen molar-refractivity contribution in [3.63, 3.8) is 0 Å². The van der Waals surface area contributed by atoms with Gasteiger partial charge < -0.3 is 14.7 Å². The lowest BCUT2D eigenvalue weighted by molar-refractivity contribution is 0.0945. The minimum atomic E-state index is -2.94. The second-order valence-electron chi connectivity index (χ2n) is 4.72. The van der Waals surface area contributed by atoms with Crippen LogP contribution >= 0.6 is 0 Å². The Balaban J connectivity index is 1.91. The Labute approximate surface area is 100 Å². The molecule has 0 aromatic rings. The van der Waals surface area contributed by atoms with E-state index in [0.717, 1.165) is 6.42 Å². The fraction of sp³-hybridized carbons (Fsp3) is 0.900. The largest absolute Gasteiger partial charge is 0.442 e. The molecule has 1 unspecified atom stereocenters. The van der Waals surface area contributed by atoms with Crippen LogP contribution < -0.4 is 0 Å². The fourth-order valence-corrected chi connectivity index (χ4v) is 4.16. The van der Waals surface area contributed by atoms with E-state index in [9.17, 15) is 13.2 Å². The van der Waals surface area contributed by atoms with Gasteiger partial charge in [-0.15, -0.1) is 0 Å². The zero-order valence-corrected chi connectivity index (χ0v) is 10.4. The molecule has 0 aromatic heterocycles. The smallest absolute Gasteiger partial charge is 0.410 e. The highest BCUT2D eigenvalue weighted by Crippen LogP contribution is 2.21. The molecule has 0 saturated carbocycles. The Morgan fingerprint density at radius 1 is 1.47 bits per heavy atom. The van der Waals surface area contributed by atoms with Crippen LogP contribution in [0, 0.1) is 5.92 Å². The summed E-state index contributed by atoms with van der Waals surface area (Å²) in [7, 11) is -2.94. The van der Waals surface area contributed by atoms with Crippen LogP contribution in [0.3, 0.4) is 0 Å². The normalized spacial score (nSPS) is 32.5. The molecule has 98 valence electrons. The molecule has 2 aliphatic rings. The molecule has 2 fully saturated rings. The van der Waals surface area contributed by atoms with E-state index in [1.807, 2.05) is 0 Å². The molecule has 2 atom stereocenters. The van der Waals surface area contributed by atoms with Gasteiger partial charge in [0.15, 0.2) is 9.84 Å². The molecule has 0 aromatic carbocycles. The molecule has 2 saturated heterocycles. The summed E-state index contributed by atoms with van der Waals surface area (Å²) in [6, 6.07) is 0. The summed E-state index contributed by atoms with van der Waals surface area (Å²) >= 11 is 0. The summed E-state index contributed by atoms with van der Waals surface area (Å²) in [5, 5.41) is 8.89. The highest BCUT2D eigenvalue weighted by Gasteiger charge is 2.34. The first-order valence-electron chi connectivity index (χ1n) is 5.77. The average Bonchev–Trinajstić information content (AvgIpc) is 2.58. The van der Waals surface area contributed by atoms with Gasteiger partial charge in [0.2, 0.25) is 0 Å². The Bertz CT molecular complexity index is 394. The van der Waals surface area contributed by atoms with Crippen molar-refractivity contribution in [1.82, 2.24) is 4.90 Å². The zero-order chi connectivity index (χ0) is 12.5. The average molecular weight is 263 g/mol. The Morgan fingerprint density at radius 3 is 2.82 bits per heavy atom. The van der Waals surface area contributed by atoms with Gasteiger partial charge in [-0.3, -0.25) is 0 Å². The maximum atomic E-state index is 11.5. The summed E-state index contributed by atoms with van der Waals surface area (Å²) in [5.74, 6) is 0.409. The van der Waals surface area contributed by atoms with Crippen LogP contribution in [0.2, 0.25) is 0 Å². The second kappa shape index (κ2) is 4.81. The zero-order valence-electron chi connectivity index (χ0n) is 9.54. The maximum absolute atomic E-state index is 11.5. The van der Waals surface area contributed by atoms with Gasteiger partial charge in [-0.1, -0.05) is 0 Å². The predicted octanol–water partition coefficient (Wildman–Crippen LogP) is -0.376. The Kier molecular flexibility index (Phi) is 3.58. The quantitative estimate of drug-likeness (QED) is 0.750. The molecule has 17 heavy (non-hydrogen) atoms. The molecular formula is C10H17NO5S. The van der Waals surface area contributed by atoms with Crippen LogP contribution in [-0.2, 0) is 14.6 Å². The summed E-state index contributed by atoms with van der Waals surface area (Å²) in [4.78, 5) is 12.9. The molecule has 0 bridgehead atoms. The number of carbonyl (C=O) groups is 1. The summed E-state index contributed by atoms with van der Waals surface area (Å²) in [6.45, 7) is 0.575. The van der Waals surface area contributed by atoms with Crippen LogP contribution in [0.4, 0.5) is 4.79 Å². The van der Waals surface area contributed by atoms with Crippen molar-refractivity contribution in [3.05, 3.63) is 0 Å². The van der Waals surface area contributed by atoms with Crippen molar-refractivity contribution in [1.29, 1.82) is 0 Å². The van der Waals surface area contributed by atoms with Crippen LogP contribution in [-0.4, -0.2) is 61.8 Å². The molecule has 0 radical (unpaired) electrons. The minimum absolute atomic E-state index is 0.00116. The van der Waals surface area contributed by atoms with Crippen molar-refractivity contribution < 1.29 is 23.1 Å². The van der Waals surface area contributed by atoms with Crippen molar-refractivity contribution in [2.24, 2.45) is 5.92 Å². The van der Waals surface area contributed by atoms with Gasteiger partial charge >= 0.3 is 6.09 Å². The number of aliphatic hydroxyl groups is 1. The van der Waals surface area contributed by atoms with E-state index in [0.29, 0.717) is 19.5 Å². The third-order valence-corrected chi connectivity index (χ3v) is 5.08. The second-order valence-corrected chi connectivity index (χ2v) is 6.94. The van der Waals surface area contributed by atoms with Gasteiger partial charge in [0.05, 0.1) is 24.7 Å². The standard InChI is InChI=1S/C10H17NO5S/c12-6-9-5-11(10(13)16-9)4-8-2-1-3-17(14,15)7-8/h8-9,12H,1-7H2/t8?,9-/m1/s1. The highest BCUT2D eigenvalue weighted by atomic mass is 32.2. The van der Waals surface area contributed by atoms with E-state index >= 15 is 0 Å². The minimum Gasteiger partial charge on any atom is -0.442 e. The molecular weight excluding hydrogens is 246 g/mol. The number of hydrogen-bond acceptors (Lipinski definition) is 5. The highest BCUT2D eigenvalue weighted by molar-refractivity contribution is 7.91. The summed E-state index contributed by atoms with van der Waals surface area (Å²) < 4.78 is 27.8. The maximum Gasteiger partial charge on any atom is 0.410 e. The summed E-state index contributed by atoms with van der Waals surface area (Å²) in [5.41, 5.74) is 0. The molecule has 6 nitrogen and oxygen atoms in total. The number of aliphatic hydroxyl groups excluding tert-OH is 1. The van der Waals surface area contributed by atoms with Crippen molar-refractivity contribution in [3.8, 4) is 0 Å². The van der Waals surface area contributed by atoms with E-state index in [1.54, 1.807) is 0 Å². The lowest BCUT2D eigenvalue weighted by Gasteiger charge is -2.25. The van der Waals surface area contributed by atoms with E-state index in [-0.39, 0.29) is 24.0 Å². The predicted molar refractivity (Wildman–Crippen MR) is 60.3 cm³/mol. The van der Waals surface area contributed by atoms with Gasteiger partial charge in [0, 0.05) is 6.54 Å². The van der Waals surface area contributed by atoms with Gasteiger partial charge in [-0.2, -0.15) is 0 Å². The molecule has 7 heteroatoms. The number of rotatable bonds is 3. The number of carbonyl (C=O) groups excluding carboxylic acids is 1. The van der Waals surface area contributed by atoms with E-state index in [2.05, 4.69) is 0 Å². The third-order valence-electron chi connectivity index (χ3n) is 3.19. The molecule has 2 heterocycles. The van der Waals surface area contributed by atoms with E-state index < -0.39 is 22.0 Å². The monoisotopic (exact) mass is 263 g/mol. The SMILES string of the molecule is O=C1O[C@@H](CO)CN1CC1CCCS(=O)(=O)C1. The lowest BCUT2D eigenvalue weighted by atomic mass is 10.1. The number of amides is 1. The molecule has 2 rings (SSSR count). The first kappa shape index (κ1) is 12.6. The van der Waals surface area contributed by atoms with Crippen LogP contribution in [0.5, 0.6) is 0 Å².